The highest BCUT2D eigenvalue weighted by Crippen LogP contribution is 2.23. The lowest BCUT2D eigenvalue weighted by Gasteiger charge is -2.16. The van der Waals surface area contributed by atoms with Gasteiger partial charge in [-0.3, -0.25) is 4.79 Å². The number of nitrogen functional groups attached to an aromatic ring is 1. The number of nitrogens with two attached hydrogens (primary N) is 1. The van der Waals surface area contributed by atoms with Crippen LogP contribution in [0.4, 0.5) is 10.1 Å². The first-order valence-corrected chi connectivity index (χ1v) is 7.30. The standard InChI is InChI=1S/C12H17FN2O3S/c1-7(2)15-12(16)8(3)19(17,18)11-6-9(13)4-5-10(11)14/h4-8H,14H2,1-3H3,(H,15,16). The Morgan fingerprint density at radius 1 is 1.32 bits per heavy atom. The molecule has 0 aliphatic carbocycles. The molecule has 0 fully saturated rings. The zero-order chi connectivity index (χ0) is 14.8. The molecule has 0 aliphatic rings. The number of hydrogen-bond acceptors (Lipinski definition) is 4. The van der Waals surface area contributed by atoms with Gasteiger partial charge in [-0.1, -0.05) is 0 Å². The van der Waals surface area contributed by atoms with Crippen LogP contribution in [0.5, 0.6) is 0 Å². The summed E-state index contributed by atoms with van der Waals surface area (Å²) in [5.41, 5.74) is 5.46. The van der Waals surface area contributed by atoms with Crippen molar-refractivity contribution >= 4 is 21.4 Å². The zero-order valence-corrected chi connectivity index (χ0v) is 11.8. The summed E-state index contributed by atoms with van der Waals surface area (Å²) < 4.78 is 37.6. The van der Waals surface area contributed by atoms with E-state index in [0.29, 0.717) is 0 Å². The monoisotopic (exact) mass is 288 g/mol. The molecule has 1 unspecified atom stereocenters. The number of carbonyl (C=O) groups excluding carboxylic acids is 1. The quantitative estimate of drug-likeness (QED) is 0.812. The van der Waals surface area contributed by atoms with Crippen LogP contribution < -0.4 is 11.1 Å². The van der Waals surface area contributed by atoms with Crippen LogP contribution in [0.15, 0.2) is 23.1 Å². The fourth-order valence-corrected chi connectivity index (χ4v) is 2.89. The van der Waals surface area contributed by atoms with Crippen LogP contribution in [0.1, 0.15) is 20.8 Å². The Labute approximate surface area is 111 Å². The van der Waals surface area contributed by atoms with Crippen molar-refractivity contribution in [3.05, 3.63) is 24.0 Å². The normalized spacial score (nSPS) is 13.3. The number of benzene rings is 1. The number of rotatable bonds is 4. The summed E-state index contributed by atoms with van der Waals surface area (Å²) in [6, 6.07) is 2.86. The van der Waals surface area contributed by atoms with E-state index in [-0.39, 0.29) is 16.6 Å². The molecule has 1 aromatic rings. The minimum absolute atomic E-state index is 0.0782. The van der Waals surface area contributed by atoms with Crippen LogP contribution >= 0.6 is 0 Å². The van der Waals surface area contributed by atoms with Crippen molar-refractivity contribution in [2.24, 2.45) is 0 Å². The van der Waals surface area contributed by atoms with E-state index in [0.717, 1.165) is 18.2 Å². The van der Waals surface area contributed by atoms with Gasteiger partial charge in [0.05, 0.1) is 10.6 Å². The molecule has 0 saturated carbocycles. The first-order valence-electron chi connectivity index (χ1n) is 5.75. The Morgan fingerprint density at radius 3 is 2.42 bits per heavy atom. The van der Waals surface area contributed by atoms with Gasteiger partial charge in [-0.2, -0.15) is 0 Å². The Morgan fingerprint density at radius 2 is 1.89 bits per heavy atom. The topological polar surface area (TPSA) is 89.3 Å². The molecule has 0 saturated heterocycles. The predicted molar refractivity (Wildman–Crippen MR) is 70.7 cm³/mol. The van der Waals surface area contributed by atoms with E-state index >= 15 is 0 Å². The fourth-order valence-electron chi connectivity index (χ4n) is 1.49. The van der Waals surface area contributed by atoms with Gasteiger partial charge in [0.25, 0.3) is 0 Å². The van der Waals surface area contributed by atoms with Crippen molar-refractivity contribution in [1.29, 1.82) is 0 Å². The van der Waals surface area contributed by atoms with Gasteiger partial charge >= 0.3 is 0 Å². The first kappa shape index (κ1) is 15.4. The number of halogens is 1. The number of anilines is 1. The van der Waals surface area contributed by atoms with Gasteiger partial charge in [0.15, 0.2) is 9.84 Å². The Kier molecular flexibility index (Phi) is 4.52. The Bertz CT molecular complexity index is 585. The minimum Gasteiger partial charge on any atom is -0.398 e. The second kappa shape index (κ2) is 5.56. The first-order chi connectivity index (χ1) is 8.66. The van der Waals surface area contributed by atoms with Crippen LogP contribution in [0.25, 0.3) is 0 Å². The van der Waals surface area contributed by atoms with E-state index < -0.39 is 26.8 Å². The largest absolute Gasteiger partial charge is 0.398 e. The average Bonchev–Trinajstić information content (AvgIpc) is 2.30. The molecule has 1 amide bonds. The summed E-state index contributed by atoms with van der Waals surface area (Å²) in [4.78, 5) is 11.4. The minimum atomic E-state index is -4.01. The summed E-state index contributed by atoms with van der Waals surface area (Å²) in [6.07, 6.45) is 0. The third kappa shape index (κ3) is 3.44. The summed E-state index contributed by atoms with van der Waals surface area (Å²) in [7, 11) is -4.01. The summed E-state index contributed by atoms with van der Waals surface area (Å²) in [6.45, 7) is 4.68. The maximum Gasteiger partial charge on any atom is 0.238 e. The van der Waals surface area contributed by atoms with E-state index in [9.17, 15) is 17.6 Å². The molecule has 0 spiro atoms. The lowest BCUT2D eigenvalue weighted by atomic mass is 10.3. The van der Waals surface area contributed by atoms with Crippen molar-refractivity contribution in [3.8, 4) is 0 Å². The smallest absolute Gasteiger partial charge is 0.238 e. The van der Waals surface area contributed by atoms with E-state index in [1.54, 1.807) is 13.8 Å². The number of sulfone groups is 1. The molecular formula is C12H17FN2O3S. The van der Waals surface area contributed by atoms with E-state index in [4.69, 9.17) is 5.73 Å². The third-order valence-electron chi connectivity index (χ3n) is 2.55. The van der Waals surface area contributed by atoms with Gasteiger partial charge in [-0.25, -0.2) is 12.8 Å². The zero-order valence-electron chi connectivity index (χ0n) is 11.0. The molecule has 0 bridgehead atoms. The molecule has 19 heavy (non-hydrogen) atoms. The molecular weight excluding hydrogens is 271 g/mol. The Balaban J connectivity index is 3.17. The van der Waals surface area contributed by atoms with E-state index in [1.165, 1.54) is 6.92 Å². The molecule has 1 aromatic carbocycles. The molecule has 106 valence electrons. The summed E-state index contributed by atoms with van der Waals surface area (Å²) in [5, 5.41) is 1.17. The van der Waals surface area contributed by atoms with Gasteiger partial charge in [-0.05, 0) is 39.0 Å². The van der Waals surface area contributed by atoms with Crippen LogP contribution in [0.3, 0.4) is 0 Å². The summed E-state index contributed by atoms with van der Waals surface area (Å²) in [5.74, 6) is -1.36. The SMILES string of the molecule is CC(C)NC(=O)C(C)S(=O)(=O)c1cc(F)ccc1N. The lowest BCUT2D eigenvalue weighted by molar-refractivity contribution is -0.120. The number of amides is 1. The van der Waals surface area contributed by atoms with Crippen molar-refractivity contribution in [3.63, 3.8) is 0 Å². The molecule has 1 rings (SSSR count). The molecule has 0 aliphatic heterocycles. The molecule has 0 aromatic heterocycles. The molecule has 0 heterocycles. The van der Waals surface area contributed by atoms with Crippen LogP contribution in [0.2, 0.25) is 0 Å². The van der Waals surface area contributed by atoms with E-state index in [2.05, 4.69) is 5.32 Å². The second-order valence-electron chi connectivity index (χ2n) is 4.53. The van der Waals surface area contributed by atoms with Gasteiger partial charge in [0, 0.05) is 6.04 Å². The molecule has 7 heteroatoms. The van der Waals surface area contributed by atoms with Crippen LogP contribution in [-0.4, -0.2) is 25.6 Å². The van der Waals surface area contributed by atoms with Crippen molar-refractivity contribution in [1.82, 2.24) is 5.32 Å². The highest BCUT2D eigenvalue weighted by Gasteiger charge is 2.31. The number of hydrogen-bond donors (Lipinski definition) is 2. The number of carbonyl (C=O) groups is 1. The Hall–Kier alpha value is -1.63. The lowest BCUT2D eigenvalue weighted by Crippen LogP contribution is -2.41. The number of nitrogens with one attached hydrogen (secondary N) is 1. The van der Waals surface area contributed by atoms with Gasteiger partial charge in [0.2, 0.25) is 5.91 Å². The molecule has 3 N–H and O–H groups in total. The van der Waals surface area contributed by atoms with Crippen molar-refractivity contribution in [2.45, 2.75) is 37.0 Å². The van der Waals surface area contributed by atoms with E-state index in [1.807, 2.05) is 0 Å². The predicted octanol–water partition coefficient (Wildman–Crippen LogP) is 1.09. The van der Waals surface area contributed by atoms with Crippen molar-refractivity contribution in [2.75, 3.05) is 5.73 Å². The maximum absolute atomic E-state index is 13.1. The maximum atomic E-state index is 13.1. The third-order valence-corrected chi connectivity index (χ3v) is 4.66. The fraction of sp³-hybridized carbons (Fsp3) is 0.417. The molecule has 1 atom stereocenters. The van der Waals surface area contributed by atoms with Crippen molar-refractivity contribution < 1.29 is 17.6 Å². The van der Waals surface area contributed by atoms with Gasteiger partial charge < -0.3 is 11.1 Å². The highest BCUT2D eigenvalue weighted by molar-refractivity contribution is 7.93. The molecule has 5 nitrogen and oxygen atoms in total. The van der Waals surface area contributed by atoms with Crippen LogP contribution in [0, 0.1) is 5.82 Å². The van der Waals surface area contributed by atoms with Gasteiger partial charge in [0.1, 0.15) is 11.1 Å². The van der Waals surface area contributed by atoms with Gasteiger partial charge in [-0.15, -0.1) is 0 Å². The highest BCUT2D eigenvalue weighted by atomic mass is 32.2. The summed E-state index contributed by atoms with van der Waals surface area (Å²) >= 11 is 0. The molecule has 0 radical (unpaired) electrons. The average molecular weight is 288 g/mol. The van der Waals surface area contributed by atoms with Crippen LogP contribution in [-0.2, 0) is 14.6 Å². The second-order valence-corrected chi connectivity index (χ2v) is 6.77.